The molecule has 0 radical (unpaired) electrons. The zero-order valence-corrected chi connectivity index (χ0v) is 16.4. The molecule has 8 heteroatoms. The summed E-state index contributed by atoms with van der Waals surface area (Å²) in [4.78, 5) is 29.1. The number of H-pyrrole nitrogens is 1. The molecule has 2 aliphatic heterocycles. The van der Waals surface area contributed by atoms with Crippen molar-refractivity contribution in [2.24, 2.45) is 29.6 Å². The number of para-hydroxylation sites is 1. The van der Waals surface area contributed by atoms with E-state index in [2.05, 4.69) is 4.98 Å². The van der Waals surface area contributed by atoms with Crippen molar-refractivity contribution in [2.75, 3.05) is 0 Å². The third-order valence-corrected chi connectivity index (χ3v) is 9.67. The van der Waals surface area contributed by atoms with E-state index in [1.54, 1.807) is 29.2 Å². The fourth-order valence-corrected chi connectivity index (χ4v) is 9.24. The average Bonchev–Trinajstić information content (AvgIpc) is 3.35. The molecule has 27 heavy (non-hydrogen) atoms. The van der Waals surface area contributed by atoms with Crippen LogP contribution in [0.25, 0.3) is 0 Å². The third-order valence-electron chi connectivity index (χ3n) is 6.73. The van der Waals surface area contributed by atoms with Gasteiger partial charge in [0.05, 0.1) is 16.9 Å². The Labute approximate surface area is 168 Å². The van der Waals surface area contributed by atoms with Crippen LogP contribution in [0.2, 0.25) is 0 Å². The predicted octanol–water partition coefficient (Wildman–Crippen LogP) is 3.70. The summed E-state index contributed by atoms with van der Waals surface area (Å²) in [6.07, 6.45) is 0.873. The summed E-state index contributed by atoms with van der Waals surface area (Å²) in [7, 11) is 0. The first-order valence-corrected chi connectivity index (χ1v) is 11.1. The van der Waals surface area contributed by atoms with E-state index < -0.39 is 0 Å². The quantitative estimate of drug-likeness (QED) is 0.418. The fraction of sp³-hybridized carbons (Fsp3) is 0.421. The fourth-order valence-electron chi connectivity index (χ4n) is 5.91. The summed E-state index contributed by atoms with van der Waals surface area (Å²) in [6.45, 7) is 0. The number of aromatic nitrogens is 1. The Morgan fingerprint density at radius 3 is 2.67 bits per heavy atom. The molecule has 3 fully saturated rings. The van der Waals surface area contributed by atoms with Crippen LogP contribution >= 0.6 is 35.3 Å². The summed E-state index contributed by atoms with van der Waals surface area (Å²) >= 11 is 8.70. The molecule has 1 aromatic carbocycles. The standard InChI is InChI=1S/C19H15NO4S3/c21-9-4-2-1-3-6(9)10-11-7-5-8(13-12(7)17(22)24-18(13)23)14(11)26-16-15(10)27-19(25)20-16/h1-4,7-8,10-14,21H,5H2,(H,20,25). The number of carbonyl (C=O) groups excluding carboxylic acids is 2. The second-order valence-corrected chi connectivity index (χ2v) is 10.7. The minimum Gasteiger partial charge on any atom is -0.508 e. The topological polar surface area (TPSA) is 79.4 Å². The van der Waals surface area contributed by atoms with Crippen molar-refractivity contribution < 1.29 is 19.4 Å². The number of esters is 2. The normalized spacial score (nSPS) is 38.4. The van der Waals surface area contributed by atoms with E-state index in [1.807, 2.05) is 18.2 Å². The van der Waals surface area contributed by atoms with Gasteiger partial charge in [0.25, 0.3) is 0 Å². The molecule has 3 heterocycles. The number of nitrogens with one attached hydrogen (secondary N) is 1. The lowest BCUT2D eigenvalue weighted by atomic mass is 9.68. The van der Waals surface area contributed by atoms with Gasteiger partial charge in [-0.15, -0.1) is 23.1 Å². The third kappa shape index (κ3) is 2.04. The molecular weight excluding hydrogens is 402 g/mol. The van der Waals surface area contributed by atoms with Gasteiger partial charge in [0.2, 0.25) is 0 Å². The van der Waals surface area contributed by atoms with Crippen LogP contribution in [0.1, 0.15) is 22.8 Å². The average molecular weight is 418 g/mol. The van der Waals surface area contributed by atoms with E-state index in [9.17, 15) is 14.7 Å². The zero-order chi connectivity index (χ0) is 18.4. The van der Waals surface area contributed by atoms with Gasteiger partial charge in [0, 0.05) is 21.6 Å². The number of hydrogen-bond donors (Lipinski definition) is 2. The van der Waals surface area contributed by atoms with Crippen LogP contribution < -0.4 is 0 Å². The van der Waals surface area contributed by atoms with E-state index >= 15 is 0 Å². The van der Waals surface area contributed by atoms with Gasteiger partial charge >= 0.3 is 11.9 Å². The molecular formula is C19H15NO4S3. The zero-order valence-electron chi connectivity index (χ0n) is 14.0. The van der Waals surface area contributed by atoms with Crippen LogP contribution in [-0.4, -0.2) is 27.3 Å². The number of ether oxygens (including phenoxy) is 1. The molecule has 7 atom stereocenters. The minimum absolute atomic E-state index is 0.0233. The smallest absolute Gasteiger partial charge is 0.317 e. The molecule has 0 spiro atoms. The Balaban J connectivity index is 1.55. The summed E-state index contributed by atoms with van der Waals surface area (Å²) < 4.78 is 5.72. The molecule has 2 bridgehead atoms. The number of phenolic OH excluding ortho intramolecular Hbond substituents is 1. The van der Waals surface area contributed by atoms with Crippen molar-refractivity contribution in [3.05, 3.63) is 38.7 Å². The molecule has 6 rings (SSSR count). The van der Waals surface area contributed by atoms with Gasteiger partial charge < -0.3 is 14.8 Å². The first-order valence-electron chi connectivity index (χ1n) is 8.97. The first kappa shape index (κ1) is 16.3. The molecule has 7 unspecified atom stereocenters. The van der Waals surface area contributed by atoms with Gasteiger partial charge in [-0.1, -0.05) is 18.2 Å². The summed E-state index contributed by atoms with van der Waals surface area (Å²) in [5, 5.41) is 11.8. The number of carbonyl (C=O) groups is 2. The SMILES string of the molecule is O=C1OC(=O)C2C3CC(C4Sc5[nH]c(=S)sc5C(c5ccccc5O)C34)C12. The van der Waals surface area contributed by atoms with Crippen molar-refractivity contribution in [2.45, 2.75) is 22.6 Å². The van der Waals surface area contributed by atoms with Crippen molar-refractivity contribution in [1.29, 1.82) is 0 Å². The predicted molar refractivity (Wildman–Crippen MR) is 102 cm³/mol. The maximum Gasteiger partial charge on any atom is 0.317 e. The Kier molecular flexibility index (Phi) is 3.30. The molecule has 2 aromatic rings. The maximum absolute atomic E-state index is 12.4. The highest BCUT2D eigenvalue weighted by atomic mass is 32.2. The molecule has 1 aromatic heterocycles. The highest BCUT2D eigenvalue weighted by Gasteiger charge is 2.69. The number of aromatic hydroxyl groups is 1. The molecule has 2 N–H and O–H groups in total. The number of cyclic esters (lactones) is 2. The van der Waals surface area contributed by atoms with Gasteiger partial charge in [-0.05, 0) is 42.5 Å². The van der Waals surface area contributed by atoms with Crippen LogP contribution in [-0.2, 0) is 14.3 Å². The Hall–Kier alpha value is -1.64. The molecule has 138 valence electrons. The molecule has 1 saturated heterocycles. The number of phenols is 1. The lowest BCUT2D eigenvalue weighted by Gasteiger charge is -2.42. The highest BCUT2D eigenvalue weighted by Crippen LogP contribution is 2.68. The Morgan fingerprint density at radius 2 is 1.89 bits per heavy atom. The van der Waals surface area contributed by atoms with Crippen LogP contribution in [0.4, 0.5) is 0 Å². The monoisotopic (exact) mass is 417 g/mol. The second kappa shape index (κ2) is 5.46. The molecule has 2 aliphatic carbocycles. The van der Waals surface area contributed by atoms with Crippen LogP contribution in [0.15, 0.2) is 29.3 Å². The largest absolute Gasteiger partial charge is 0.508 e. The maximum atomic E-state index is 12.4. The highest BCUT2D eigenvalue weighted by molar-refractivity contribution is 8.00. The Bertz CT molecular complexity index is 1060. The van der Waals surface area contributed by atoms with Crippen molar-refractivity contribution in [3.63, 3.8) is 0 Å². The van der Waals surface area contributed by atoms with Gasteiger partial charge in [0.1, 0.15) is 5.75 Å². The van der Waals surface area contributed by atoms with E-state index in [4.69, 9.17) is 17.0 Å². The number of hydrogen-bond acceptors (Lipinski definition) is 7. The van der Waals surface area contributed by atoms with Gasteiger partial charge in [0.15, 0.2) is 3.95 Å². The van der Waals surface area contributed by atoms with Gasteiger partial charge in [-0.3, -0.25) is 9.59 Å². The molecule has 0 amide bonds. The van der Waals surface area contributed by atoms with Crippen LogP contribution in [0.5, 0.6) is 5.75 Å². The van der Waals surface area contributed by atoms with E-state index in [0.717, 1.165) is 25.8 Å². The molecule has 2 saturated carbocycles. The van der Waals surface area contributed by atoms with E-state index in [1.165, 1.54) is 0 Å². The lowest BCUT2D eigenvalue weighted by molar-refractivity contribution is -0.154. The Morgan fingerprint density at radius 1 is 1.15 bits per heavy atom. The number of rotatable bonds is 1. The van der Waals surface area contributed by atoms with Crippen molar-refractivity contribution in [3.8, 4) is 5.75 Å². The number of aromatic amines is 1. The summed E-state index contributed by atoms with van der Waals surface area (Å²) in [5.41, 5.74) is 0.876. The van der Waals surface area contributed by atoms with Crippen LogP contribution in [0.3, 0.4) is 0 Å². The summed E-state index contributed by atoms with van der Waals surface area (Å²) in [6, 6.07) is 7.42. The van der Waals surface area contributed by atoms with E-state index in [0.29, 0.717) is 0 Å². The minimum atomic E-state index is -0.357. The summed E-state index contributed by atoms with van der Waals surface area (Å²) in [5.74, 6) is -0.670. The first-order chi connectivity index (χ1) is 13.0. The number of fused-ring (bicyclic) bond motifs is 9. The second-order valence-electron chi connectivity index (χ2n) is 7.76. The van der Waals surface area contributed by atoms with Crippen molar-refractivity contribution in [1.82, 2.24) is 4.98 Å². The van der Waals surface area contributed by atoms with Crippen molar-refractivity contribution >= 4 is 47.3 Å². The number of thioether (sulfide) groups is 1. The number of benzene rings is 1. The molecule has 4 aliphatic rings. The molecule has 5 nitrogen and oxygen atoms in total. The van der Waals surface area contributed by atoms with E-state index in [-0.39, 0.29) is 58.4 Å². The van der Waals surface area contributed by atoms with Gasteiger partial charge in [-0.2, -0.15) is 0 Å². The van der Waals surface area contributed by atoms with Gasteiger partial charge in [-0.25, -0.2) is 0 Å². The van der Waals surface area contributed by atoms with Crippen LogP contribution in [0, 0.1) is 33.5 Å². The number of thiazole rings is 1. The lowest BCUT2D eigenvalue weighted by Crippen LogP contribution is -2.42.